The number of nitrogens with one attached hydrogen (secondary N) is 1. The van der Waals surface area contributed by atoms with Crippen LogP contribution in [-0.2, 0) is 19.5 Å². The van der Waals surface area contributed by atoms with Gasteiger partial charge in [-0.05, 0) is 71.1 Å². The highest BCUT2D eigenvalue weighted by atomic mass is 16.7. The van der Waals surface area contributed by atoms with Gasteiger partial charge in [0.25, 0.3) is 5.56 Å². The number of aromatic amines is 1. The van der Waals surface area contributed by atoms with Crippen LogP contribution in [0.2, 0.25) is 0 Å². The van der Waals surface area contributed by atoms with Crippen molar-refractivity contribution in [1.82, 2.24) is 35.0 Å². The van der Waals surface area contributed by atoms with Crippen molar-refractivity contribution in [2.45, 2.75) is 39.4 Å². The molecule has 2 aliphatic rings. The maximum atomic E-state index is 13.8. The van der Waals surface area contributed by atoms with Crippen LogP contribution in [0.4, 0.5) is 0 Å². The second-order valence-electron chi connectivity index (χ2n) is 11.4. The van der Waals surface area contributed by atoms with Gasteiger partial charge in [-0.25, -0.2) is 4.68 Å². The molecule has 220 valence electrons. The molecule has 2 aliphatic heterocycles. The van der Waals surface area contributed by atoms with Gasteiger partial charge in [-0.3, -0.25) is 14.6 Å². The number of tetrazole rings is 1. The summed E-state index contributed by atoms with van der Waals surface area (Å²) in [5.41, 5.74) is 6.01. The van der Waals surface area contributed by atoms with E-state index in [1.807, 2.05) is 41.9 Å². The van der Waals surface area contributed by atoms with Crippen LogP contribution in [0.3, 0.4) is 0 Å². The van der Waals surface area contributed by atoms with Crippen LogP contribution in [-0.4, -0.2) is 68.0 Å². The monoisotopic (exact) mass is 577 g/mol. The molecule has 1 N–H and O–H groups in total. The van der Waals surface area contributed by atoms with Gasteiger partial charge in [0.05, 0.1) is 5.52 Å². The molecule has 0 aliphatic carbocycles. The zero-order valence-electron chi connectivity index (χ0n) is 24.5. The van der Waals surface area contributed by atoms with E-state index >= 15 is 0 Å². The summed E-state index contributed by atoms with van der Waals surface area (Å²) in [5, 5.41) is 14.0. The molecular weight excluding hydrogens is 542 g/mol. The van der Waals surface area contributed by atoms with E-state index in [4.69, 9.17) is 9.47 Å². The van der Waals surface area contributed by atoms with Gasteiger partial charge in [-0.15, -0.1) is 5.10 Å². The zero-order valence-corrected chi connectivity index (χ0v) is 24.5. The molecule has 7 rings (SSSR count). The Morgan fingerprint density at radius 1 is 0.884 bits per heavy atom. The van der Waals surface area contributed by atoms with Crippen molar-refractivity contribution < 1.29 is 9.47 Å². The molecule has 1 fully saturated rings. The van der Waals surface area contributed by atoms with Crippen molar-refractivity contribution in [3.8, 4) is 11.5 Å². The minimum Gasteiger partial charge on any atom is -0.454 e. The SMILES string of the molecule is Cc1ccc(C)c2[nH]c(=O)c([C@H](c3nnnn3CCc3ccccc3)N3CCN(Cc4ccc5c(c4)OCO5)CC3)cc12. The van der Waals surface area contributed by atoms with E-state index < -0.39 is 0 Å². The summed E-state index contributed by atoms with van der Waals surface area (Å²) in [6, 6.07) is 22.3. The van der Waals surface area contributed by atoms with Crippen LogP contribution in [0.25, 0.3) is 10.9 Å². The molecular formula is C33H35N7O3. The Morgan fingerprint density at radius 3 is 2.51 bits per heavy atom. The zero-order chi connectivity index (χ0) is 29.3. The first-order valence-corrected chi connectivity index (χ1v) is 14.8. The van der Waals surface area contributed by atoms with Crippen LogP contribution >= 0.6 is 0 Å². The number of pyridine rings is 1. The summed E-state index contributed by atoms with van der Waals surface area (Å²) in [4.78, 5) is 21.7. The van der Waals surface area contributed by atoms with E-state index in [1.54, 1.807) is 0 Å². The van der Waals surface area contributed by atoms with Crippen LogP contribution in [0, 0.1) is 13.8 Å². The van der Waals surface area contributed by atoms with Crippen molar-refractivity contribution in [1.29, 1.82) is 0 Å². The quantitative estimate of drug-likeness (QED) is 0.295. The minimum absolute atomic E-state index is 0.105. The Labute approximate surface area is 249 Å². The number of nitrogens with zero attached hydrogens (tertiary/aromatic N) is 6. The summed E-state index contributed by atoms with van der Waals surface area (Å²) in [6.07, 6.45) is 0.793. The normalized spacial score (nSPS) is 16.1. The molecule has 43 heavy (non-hydrogen) atoms. The third kappa shape index (κ3) is 5.51. The Bertz CT molecular complexity index is 1810. The van der Waals surface area contributed by atoms with Gasteiger partial charge >= 0.3 is 0 Å². The van der Waals surface area contributed by atoms with Crippen LogP contribution in [0.1, 0.15) is 39.7 Å². The summed E-state index contributed by atoms with van der Waals surface area (Å²) in [6.45, 7) is 9.05. The fourth-order valence-corrected chi connectivity index (χ4v) is 6.22. The molecule has 5 aromatic rings. The van der Waals surface area contributed by atoms with E-state index in [0.29, 0.717) is 17.9 Å². The molecule has 4 heterocycles. The largest absolute Gasteiger partial charge is 0.454 e. The van der Waals surface area contributed by atoms with Gasteiger partial charge in [0.1, 0.15) is 6.04 Å². The molecule has 10 heteroatoms. The maximum Gasteiger partial charge on any atom is 0.253 e. The number of fused-ring (bicyclic) bond motifs is 2. The minimum atomic E-state index is -0.383. The average molecular weight is 578 g/mol. The van der Waals surface area contributed by atoms with Gasteiger partial charge in [0.15, 0.2) is 17.3 Å². The summed E-state index contributed by atoms with van der Waals surface area (Å²) < 4.78 is 12.9. The summed E-state index contributed by atoms with van der Waals surface area (Å²) in [7, 11) is 0. The molecule has 10 nitrogen and oxygen atoms in total. The number of hydrogen-bond acceptors (Lipinski definition) is 8. The molecule has 1 saturated heterocycles. The van der Waals surface area contributed by atoms with E-state index in [9.17, 15) is 4.79 Å². The average Bonchev–Trinajstić information content (AvgIpc) is 3.69. The highest BCUT2D eigenvalue weighted by Crippen LogP contribution is 2.33. The topological polar surface area (TPSA) is 101 Å². The van der Waals surface area contributed by atoms with E-state index in [2.05, 4.69) is 73.6 Å². The van der Waals surface area contributed by atoms with Crippen LogP contribution < -0.4 is 15.0 Å². The van der Waals surface area contributed by atoms with Crippen molar-refractivity contribution in [2.24, 2.45) is 0 Å². The first-order chi connectivity index (χ1) is 21.0. The van der Waals surface area contributed by atoms with Gasteiger partial charge in [-0.1, -0.05) is 48.5 Å². The van der Waals surface area contributed by atoms with E-state index in [0.717, 1.165) is 72.7 Å². The molecule has 0 bridgehead atoms. The summed E-state index contributed by atoms with van der Waals surface area (Å²) in [5.74, 6) is 2.29. The van der Waals surface area contributed by atoms with Gasteiger partial charge in [-0.2, -0.15) is 0 Å². The molecule has 0 unspecified atom stereocenters. The second kappa shape index (κ2) is 11.6. The molecule has 0 saturated carbocycles. The predicted octanol–water partition coefficient (Wildman–Crippen LogP) is 4.01. The molecule has 1 atom stereocenters. The smallest absolute Gasteiger partial charge is 0.253 e. The molecule has 0 amide bonds. The van der Waals surface area contributed by atoms with Crippen molar-refractivity contribution >= 4 is 10.9 Å². The number of piperazine rings is 1. The number of aromatic nitrogens is 5. The number of rotatable bonds is 8. The van der Waals surface area contributed by atoms with E-state index in [-0.39, 0.29) is 18.4 Å². The Balaban J connectivity index is 1.19. The number of benzene rings is 3. The number of ether oxygens (including phenoxy) is 2. The molecule has 3 aromatic carbocycles. The van der Waals surface area contributed by atoms with Crippen molar-refractivity contribution in [2.75, 3.05) is 33.0 Å². The highest BCUT2D eigenvalue weighted by molar-refractivity contribution is 5.85. The lowest BCUT2D eigenvalue weighted by atomic mass is 9.99. The third-order valence-corrected chi connectivity index (χ3v) is 8.64. The Hall–Kier alpha value is -4.54. The van der Waals surface area contributed by atoms with Crippen LogP contribution in [0.5, 0.6) is 11.5 Å². The van der Waals surface area contributed by atoms with E-state index in [1.165, 1.54) is 11.1 Å². The van der Waals surface area contributed by atoms with Gasteiger partial charge < -0.3 is 14.5 Å². The third-order valence-electron chi connectivity index (χ3n) is 8.64. The number of aryl methyl sites for hydroxylation is 4. The maximum absolute atomic E-state index is 13.8. The fraction of sp³-hybridized carbons (Fsp3) is 0.333. The first kappa shape index (κ1) is 27.3. The molecule has 2 aromatic heterocycles. The first-order valence-electron chi connectivity index (χ1n) is 14.8. The highest BCUT2D eigenvalue weighted by Gasteiger charge is 2.33. The van der Waals surface area contributed by atoms with Gasteiger partial charge in [0.2, 0.25) is 6.79 Å². The van der Waals surface area contributed by atoms with Crippen LogP contribution in [0.15, 0.2) is 71.5 Å². The standard InChI is InChI=1S/C33H35N7O3/c1-22-8-9-23(2)30-26(22)19-27(33(41)34-30)31(32-35-36-37-40(32)13-12-24-6-4-3-5-7-24)39-16-14-38(15-17-39)20-25-10-11-28-29(18-25)43-21-42-28/h3-11,18-19,31H,12-17,20-21H2,1-2H3,(H,34,41)/t31-/m1/s1. The fourth-order valence-electron chi connectivity index (χ4n) is 6.22. The lowest BCUT2D eigenvalue weighted by Gasteiger charge is -2.38. The Kier molecular flexibility index (Phi) is 7.38. The second-order valence-corrected chi connectivity index (χ2v) is 11.4. The Morgan fingerprint density at radius 2 is 1.67 bits per heavy atom. The lowest BCUT2D eigenvalue weighted by Crippen LogP contribution is -2.48. The summed E-state index contributed by atoms with van der Waals surface area (Å²) >= 11 is 0. The number of H-pyrrole nitrogens is 1. The van der Waals surface area contributed by atoms with Gasteiger partial charge in [0, 0.05) is 50.2 Å². The number of hydrogen-bond donors (Lipinski definition) is 1. The van der Waals surface area contributed by atoms with Crippen molar-refractivity contribution in [3.63, 3.8) is 0 Å². The van der Waals surface area contributed by atoms with Crippen molar-refractivity contribution in [3.05, 3.63) is 111 Å². The lowest BCUT2D eigenvalue weighted by molar-refractivity contribution is 0.0996. The molecule has 0 radical (unpaired) electrons. The molecule has 0 spiro atoms. The predicted molar refractivity (Wildman–Crippen MR) is 163 cm³/mol.